The lowest BCUT2D eigenvalue weighted by molar-refractivity contribution is -0.0696. The van der Waals surface area contributed by atoms with Crippen molar-refractivity contribution in [2.75, 3.05) is 11.6 Å². The lowest BCUT2D eigenvalue weighted by atomic mass is 9.97. The summed E-state index contributed by atoms with van der Waals surface area (Å²) in [4.78, 5) is 0. The van der Waals surface area contributed by atoms with Gasteiger partial charge in [-0.15, -0.1) is 0 Å². The first kappa shape index (κ1) is 12.4. The fourth-order valence-electron chi connectivity index (χ4n) is 2.43. The number of benzene rings is 1. The van der Waals surface area contributed by atoms with Gasteiger partial charge in [0, 0.05) is 0 Å². The van der Waals surface area contributed by atoms with Crippen LogP contribution >= 0.6 is 0 Å². The van der Waals surface area contributed by atoms with Crippen molar-refractivity contribution in [1.29, 1.82) is 0 Å². The van der Waals surface area contributed by atoms with Crippen molar-refractivity contribution >= 4 is 11.4 Å². The monoisotopic (exact) mass is 274 g/mol. The van der Waals surface area contributed by atoms with Crippen LogP contribution in [0.25, 0.3) is 0 Å². The number of para-hydroxylation sites is 1. The second-order valence-electron chi connectivity index (χ2n) is 4.44. The molecule has 0 spiro atoms. The highest BCUT2D eigenvalue weighted by Crippen LogP contribution is 2.41. The van der Waals surface area contributed by atoms with E-state index >= 15 is 0 Å². The Morgan fingerprint density at radius 3 is 2.53 bits per heavy atom. The van der Waals surface area contributed by atoms with Crippen molar-refractivity contribution in [1.82, 2.24) is 0 Å². The smallest absolute Gasteiger partial charge is 0.345 e. The summed E-state index contributed by atoms with van der Waals surface area (Å²) in [6, 6.07) is 7.64. The minimum atomic E-state index is -4.65. The molecule has 0 bridgehead atoms. The minimum absolute atomic E-state index is 0.107. The summed E-state index contributed by atoms with van der Waals surface area (Å²) in [5.74, 6) is -1.37. The topological polar surface area (TPSA) is 24.8 Å². The molecule has 1 aromatic rings. The predicted molar refractivity (Wildman–Crippen MR) is 60.5 cm³/mol. The average Bonchev–Trinajstić information content (AvgIpc) is 2.91. The first-order valence-corrected chi connectivity index (χ1v) is 5.74. The fraction of sp³-hybridized carbons (Fsp3) is 0.417. The van der Waals surface area contributed by atoms with E-state index in [1.165, 1.54) is 5.01 Å². The lowest BCUT2D eigenvalue weighted by Crippen LogP contribution is -2.37. The summed E-state index contributed by atoms with van der Waals surface area (Å²) in [6.07, 6.45) is -6.61. The molecule has 1 saturated heterocycles. The zero-order valence-electron chi connectivity index (χ0n) is 9.64. The highest BCUT2D eigenvalue weighted by atomic mass is 19.4. The average molecular weight is 274 g/mol. The van der Waals surface area contributed by atoms with E-state index in [9.17, 15) is 17.6 Å². The van der Waals surface area contributed by atoms with Crippen molar-refractivity contribution in [2.45, 2.75) is 18.6 Å². The van der Waals surface area contributed by atoms with Crippen molar-refractivity contribution in [3.05, 3.63) is 30.3 Å². The molecule has 0 radical (unpaired) electrons. The number of ether oxygens (including phenoxy) is 1. The van der Waals surface area contributed by atoms with E-state index in [1.807, 2.05) is 0 Å². The zero-order chi connectivity index (χ0) is 13.6. The number of nitrogens with zero attached hydrogens (tertiary/aromatic N) is 2. The summed E-state index contributed by atoms with van der Waals surface area (Å²) < 4.78 is 56.9. The van der Waals surface area contributed by atoms with Gasteiger partial charge in [-0.05, 0) is 12.1 Å². The Balaban J connectivity index is 2.01. The third-order valence-electron chi connectivity index (χ3n) is 3.28. The van der Waals surface area contributed by atoms with Crippen LogP contribution < -0.4 is 5.01 Å². The Morgan fingerprint density at radius 1 is 1.21 bits per heavy atom. The molecule has 3 atom stereocenters. The number of hydrogen-bond acceptors (Lipinski definition) is 3. The van der Waals surface area contributed by atoms with Crippen molar-refractivity contribution in [3.8, 4) is 0 Å². The van der Waals surface area contributed by atoms with E-state index in [-0.39, 0.29) is 6.61 Å². The van der Waals surface area contributed by atoms with E-state index < -0.39 is 30.2 Å². The molecule has 0 saturated carbocycles. The first-order chi connectivity index (χ1) is 8.98. The van der Waals surface area contributed by atoms with Crippen molar-refractivity contribution in [3.63, 3.8) is 0 Å². The molecule has 3 rings (SSSR count). The Bertz CT molecular complexity index is 502. The Hall–Kier alpha value is -1.63. The van der Waals surface area contributed by atoms with Gasteiger partial charge in [0.2, 0.25) is 6.36 Å². The first-order valence-electron chi connectivity index (χ1n) is 5.74. The molecular weight excluding hydrogens is 264 g/mol. The van der Waals surface area contributed by atoms with E-state index in [2.05, 4.69) is 5.10 Å². The van der Waals surface area contributed by atoms with Gasteiger partial charge in [0.05, 0.1) is 24.3 Å². The summed E-state index contributed by atoms with van der Waals surface area (Å²) >= 11 is 0. The molecule has 2 aliphatic rings. The maximum absolute atomic E-state index is 13.5. The third kappa shape index (κ3) is 1.98. The number of fused-ring (bicyclic) bond motifs is 1. The van der Waals surface area contributed by atoms with Crippen LogP contribution in [0.2, 0.25) is 0 Å². The van der Waals surface area contributed by atoms with E-state index in [4.69, 9.17) is 4.74 Å². The number of rotatable bonds is 1. The molecule has 1 aromatic carbocycles. The number of halogens is 4. The quantitative estimate of drug-likeness (QED) is 0.736. The second-order valence-corrected chi connectivity index (χ2v) is 4.44. The Kier molecular flexibility index (Phi) is 2.74. The molecule has 0 N–H and O–H groups in total. The highest BCUT2D eigenvalue weighted by Gasteiger charge is 2.57. The fourth-order valence-corrected chi connectivity index (χ4v) is 2.43. The van der Waals surface area contributed by atoms with Crippen LogP contribution in [0.15, 0.2) is 35.4 Å². The highest BCUT2D eigenvalue weighted by molar-refractivity contribution is 5.96. The molecule has 2 heterocycles. The van der Waals surface area contributed by atoms with Gasteiger partial charge >= 0.3 is 6.18 Å². The van der Waals surface area contributed by atoms with Gasteiger partial charge < -0.3 is 4.74 Å². The minimum Gasteiger partial charge on any atom is -0.345 e. The molecule has 3 unspecified atom stereocenters. The van der Waals surface area contributed by atoms with Crippen LogP contribution in [0.5, 0.6) is 0 Å². The summed E-state index contributed by atoms with van der Waals surface area (Å²) in [7, 11) is 0. The lowest BCUT2D eigenvalue weighted by Gasteiger charge is -2.21. The Morgan fingerprint density at radius 2 is 1.89 bits per heavy atom. The molecule has 0 aromatic heterocycles. The second kappa shape index (κ2) is 4.19. The van der Waals surface area contributed by atoms with Gasteiger partial charge in [-0.3, -0.25) is 5.01 Å². The number of alkyl halides is 4. The molecular formula is C12H10F4N2O. The van der Waals surface area contributed by atoms with Crippen LogP contribution in [0.1, 0.15) is 0 Å². The molecule has 0 amide bonds. The summed E-state index contributed by atoms with van der Waals surface area (Å²) in [6.45, 7) is -0.107. The maximum Gasteiger partial charge on any atom is 0.431 e. The number of hydrazone groups is 1. The molecule has 0 aliphatic carbocycles. The standard InChI is InChI=1S/C12H10F4N2O/c13-11-9-8(6-19-11)18(7-4-2-1-3-5-7)17-10(9)12(14,15)16/h1-5,8-9,11H,6H2. The summed E-state index contributed by atoms with van der Waals surface area (Å²) in [5, 5.41) is 4.77. The van der Waals surface area contributed by atoms with E-state index in [0.717, 1.165) is 0 Å². The van der Waals surface area contributed by atoms with Crippen LogP contribution in [0, 0.1) is 5.92 Å². The molecule has 7 heteroatoms. The van der Waals surface area contributed by atoms with Crippen molar-refractivity contribution < 1.29 is 22.3 Å². The van der Waals surface area contributed by atoms with Crippen LogP contribution in [0.3, 0.4) is 0 Å². The van der Waals surface area contributed by atoms with Crippen LogP contribution in [0.4, 0.5) is 23.2 Å². The SMILES string of the molecule is FC1OCC2C1C(C(F)(F)F)=NN2c1ccccc1. The molecule has 102 valence electrons. The predicted octanol–water partition coefficient (Wildman–Crippen LogP) is 2.74. The van der Waals surface area contributed by atoms with Crippen molar-refractivity contribution in [2.24, 2.45) is 11.0 Å². The van der Waals surface area contributed by atoms with Gasteiger partial charge in [-0.1, -0.05) is 18.2 Å². The largest absolute Gasteiger partial charge is 0.431 e. The van der Waals surface area contributed by atoms with Gasteiger partial charge in [-0.25, -0.2) is 4.39 Å². The van der Waals surface area contributed by atoms with Crippen LogP contribution in [-0.4, -0.2) is 30.9 Å². The number of anilines is 1. The molecule has 1 fully saturated rings. The molecule has 19 heavy (non-hydrogen) atoms. The van der Waals surface area contributed by atoms with E-state index in [1.54, 1.807) is 30.3 Å². The van der Waals surface area contributed by atoms with Gasteiger partial charge in [0.15, 0.2) is 5.71 Å². The molecule has 3 nitrogen and oxygen atoms in total. The normalized spacial score (nSPS) is 30.4. The van der Waals surface area contributed by atoms with Gasteiger partial charge in [0.25, 0.3) is 0 Å². The molecule has 2 aliphatic heterocycles. The third-order valence-corrected chi connectivity index (χ3v) is 3.28. The number of hydrogen-bond donors (Lipinski definition) is 0. The summed E-state index contributed by atoms with van der Waals surface area (Å²) in [5.41, 5.74) is -0.610. The van der Waals surface area contributed by atoms with Gasteiger partial charge in [0.1, 0.15) is 0 Å². The Labute approximate surface area is 106 Å². The zero-order valence-corrected chi connectivity index (χ0v) is 9.64. The van der Waals surface area contributed by atoms with E-state index in [0.29, 0.717) is 5.69 Å². The maximum atomic E-state index is 13.5. The van der Waals surface area contributed by atoms with Gasteiger partial charge in [-0.2, -0.15) is 18.3 Å². The van der Waals surface area contributed by atoms with Crippen LogP contribution in [-0.2, 0) is 4.74 Å².